The molecule has 0 aliphatic heterocycles. The molecule has 0 saturated heterocycles. The molecule has 0 radical (unpaired) electrons. The quantitative estimate of drug-likeness (QED) is 0.0828. The third kappa shape index (κ3) is 7.86. The highest BCUT2D eigenvalue weighted by Crippen LogP contribution is 2.30. The number of thioether (sulfide) groups is 1. The van der Waals surface area contributed by atoms with Gasteiger partial charge in [-0.25, -0.2) is 4.98 Å². The average Bonchev–Trinajstić information content (AvgIpc) is 3.75. The van der Waals surface area contributed by atoms with Gasteiger partial charge < -0.3 is 20.9 Å². The van der Waals surface area contributed by atoms with Crippen molar-refractivity contribution in [2.75, 3.05) is 10.6 Å². The van der Waals surface area contributed by atoms with Gasteiger partial charge in [0.1, 0.15) is 5.70 Å². The third-order valence-corrected chi connectivity index (χ3v) is 9.40. The normalized spacial score (nSPS) is 12.0. The van der Waals surface area contributed by atoms with Crippen LogP contribution in [0, 0.1) is 0 Å². The first-order valence-corrected chi connectivity index (χ1v) is 16.8. The summed E-state index contributed by atoms with van der Waals surface area (Å²) in [4.78, 5) is 48.6. The molecule has 2 heterocycles. The molecule has 0 saturated carbocycles. The lowest BCUT2D eigenvalue weighted by Gasteiger charge is -2.15. The monoisotopic (exact) mass is 657 g/mol. The van der Waals surface area contributed by atoms with Gasteiger partial charge in [0, 0.05) is 49.8 Å². The number of nitrogens with zero attached hydrogens (tertiary/aromatic N) is 1. The molecule has 0 aliphatic carbocycles. The molecule has 234 valence electrons. The van der Waals surface area contributed by atoms with Crippen LogP contribution in [-0.2, 0) is 9.59 Å². The molecular formula is C37H31N5O3S2. The number of anilines is 2. The highest BCUT2D eigenvalue weighted by Gasteiger charge is 2.21. The summed E-state index contributed by atoms with van der Waals surface area (Å²) >= 11 is 2.79. The van der Waals surface area contributed by atoms with Crippen LogP contribution in [0.1, 0.15) is 29.3 Å². The van der Waals surface area contributed by atoms with E-state index >= 15 is 0 Å². The fourth-order valence-corrected chi connectivity index (χ4v) is 6.64. The Bertz CT molecular complexity index is 2050. The minimum Gasteiger partial charge on any atom is -0.361 e. The number of aromatic nitrogens is 2. The van der Waals surface area contributed by atoms with E-state index in [1.807, 2.05) is 91.2 Å². The first kappa shape index (κ1) is 31.5. The predicted molar refractivity (Wildman–Crippen MR) is 191 cm³/mol. The molecular weight excluding hydrogens is 627 g/mol. The van der Waals surface area contributed by atoms with Crippen molar-refractivity contribution in [3.63, 3.8) is 0 Å². The third-order valence-electron chi connectivity index (χ3n) is 7.29. The van der Waals surface area contributed by atoms with Gasteiger partial charge in [0.05, 0.1) is 10.9 Å². The van der Waals surface area contributed by atoms with Gasteiger partial charge >= 0.3 is 0 Å². The number of H-pyrrole nitrogens is 1. The van der Waals surface area contributed by atoms with Gasteiger partial charge in [-0.1, -0.05) is 79.7 Å². The standard InChI is InChI=1S/C37H31N5O3S2/c1-2-33(36(45)42-37-41-32(23-46-37)24-12-5-3-6-13-24)47-28-17-11-16-27(21-28)39-35(44)31(40-34(43)25-14-7-4-8-15-25)20-26-22-38-30-19-10-9-18-29(26)30/h3-23,33,38H,2H2,1H3,(H,39,44)(H,40,43)(H,41,42,45)/b31-20-. The molecule has 1 atom stereocenters. The smallest absolute Gasteiger partial charge is 0.272 e. The van der Waals surface area contributed by atoms with Gasteiger partial charge in [-0.3, -0.25) is 14.4 Å². The number of fused-ring (bicyclic) bond motifs is 1. The van der Waals surface area contributed by atoms with Crippen molar-refractivity contribution in [3.05, 3.63) is 138 Å². The van der Waals surface area contributed by atoms with E-state index in [0.29, 0.717) is 22.8 Å². The van der Waals surface area contributed by atoms with E-state index in [1.54, 1.807) is 42.6 Å². The summed E-state index contributed by atoms with van der Waals surface area (Å²) < 4.78 is 0. The highest BCUT2D eigenvalue weighted by atomic mass is 32.2. The molecule has 0 spiro atoms. The van der Waals surface area contributed by atoms with E-state index in [2.05, 4.69) is 25.9 Å². The first-order valence-electron chi connectivity index (χ1n) is 15.0. The van der Waals surface area contributed by atoms with E-state index < -0.39 is 11.8 Å². The number of amides is 3. The molecule has 4 aromatic carbocycles. The molecule has 2 aromatic heterocycles. The van der Waals surface area contributed by atoms with E-state index in [4.69, 9.17) is 0 Å². The number of aromatic amines is 1. The van der Waals surface area contributed by atoms with Crippen LogP contribution in [0.25, 0.3) is 28.2 Å². The van der Waals surface area contributed by atoms with E-state index in [1.165, 1.54) is 23.1 Å². The zero-order valence-corrected chi connectivity index (χ0v) is 27.0. The maximum atomic E-state index is 13.7. The summed E-state index contributed by atoms with van der Waals surface area (Å²) in [6.07, 6.45) is 4.05. The summed E-state index contributed by atoms with van der Waals surface area (Å²) in [5.74, 6) is -1.03. The fraction of sp³-hybridized carbons (Fsp3) is 0.0811. The van der Waals surface area contributed by atoms with Gasteiger partial charge in [0.15, 0.2) is 5.13 Å². The number of thiazole rings is 1. The Kier molecular flexibility index (Phi) is 9.90. The second kappa shape index (κ2) is 14.8. The molecule has 3 amide bonds. The molecule has 0 aliphatic rings. The summed E-state index contributed by atoms with van der Waals surface area (Å²) in [5.41, 5.74) is 4.53. The van der Waals surface area contributed by atoms with Crippen LogP contribution in [0.5, 0.6) is 0 Å². The molecule has 8 nitrogen and oxygen atoms in total. The summed E-state index contributed by atoms with van der Waals surface area (Å²) in [6, 6.07) is 33.6. The summed E-state index contributed by atoms with van der Waals surface area (Å²) in [7, 11) is 0. The molecule has 1 unspecified atom stereocenters. The van der Waals surface area contributed by atoms with Crippen LogP contribution >= 0.6 is 23.1 Å². The first-order chi connectivity index (χ1) is 23.0. The Morgan fingerprint density at radius 2 is 1.64 bits per heavy atom. The van der Waals surface area contributed by atoms with Crippen LogP contribution in [0.15, 0.2) is 131 Å². The molecule has 0 fully saturated rings. The number of rotatable bonds is 11. The van der Waals surface area contributed by atoms with Crippen molar-refractivity contribution >= 4 is 68.6 Å². The van der Waals surface area contributed by atoms with Crippen molar-refractivity contribution in [2.24, 2.45) is 0 Å². The van der Waals surface area contributed by atoms with Gasteiger partial charge in [0.25, 0.3) is 11.8 Å². The Hall–Kier alpha value is -5.45. The summed E-state index contributed by atoms with van der Waals surface area (Å²) in [6.45, 7) is 1.96. The average molecular weight is 658 g/mol. The second-order valence-corrected chi connectivity index (χ2v) is 12.7. The Morgan fingerprint density at radius 1 is 0.894 bits per heavy atom. The van der Waals surface area contributed by atoms with Crippen molar-refractivity contribution in [2.45, 2.75) is 23.5 Å². The fourth-order valence-electron chi connectivity index (χ4n) is 4.90. The van der Waals surface area contributed by atoms with Crippen molar-refractivity contribution < 1.29 is 14.4 Å². The molecule has 6 aromatic rings. The van der Waals surface area contributed by atoms with Crippen LogP contribution in [0.3, 0.4) is 0 Å². The SMILES string of the molecule is CCC(Sc1cccc(NC(=O)/C(=C/c2c[nH]c3ccccc23)NC(=O)c2ccccc2)c1)C(=O)Nc1nc(-c2ccccc2)cs1. The van der Waals surface area contributed by atoms with Gasteiger partial charge in [0.2, 0.25) is 5.91 Å². The van der Waals surface area contributed by atoms with Crippen molar-refractivity contribution in [1.82, 2.24) is 15.3 Å². The predicted octanol–water partition coefficient (Wildman–Crippen LogP) is 8.21. The number of carbonyl (C=O) groups excluding carboxylic acids is 3. The number of carbonyl (C=O) groups is 3. The largest absolute Gasteiger partial charge is 0.361 e. The minimum atomic E-state index is -0.482. The molecule has 47 heavy (non-hydrogen) atoms. The zero-order valence-electron chi connectivity index (χ0n) is 25.4. The lowest BCUT2D eigenvalue weighted by Crippen LogP contribution is -2.30. The molecule has 6 rings (SSSR count). The molecule has 4 N–H and O–H groups in total. The topological polar surface area (TPSA) is 116 Å². The molecule has 0 bridgehead atoms. The van der Waals surface area contributed by atoms with Crippen LogP contribution in [-0.4, -0.2) is 32.9 Å². The zero-order chi connectivity index (χ0) is 32.6. The Labute approximate surface area is 280 Å². The Balaban J connectivity index is 1.17. The minimum absolute atomic E-state index is 0.0887. The van der Waals surface area contributed by atoms with Gasteiger partial charge in [-0.15, -0.1) is 23.1 Å². The lowest BCUT2D eigenvalue weighted by atomic mass is 10.1. The van der Waals surface area contributed by atoms with Gasteiger partial charge in [-0.05, 0) is 48.9 Å². The maximum Gasteiger partial charge on any atom is 0.272 e. The number of benzene rings is 4. The molecule has 10 heteroatoms. The number of para-hydroxylation sites is 1. The number of hydrogen-bond acceptors (Lipinski definition) is 6. The van der Waals surface area contributed by atoms with Crippen molar-refractivity contribution in [1.29, 1.82) is 0 Å². The second-order valence-electron chi connectivity index (χ2n) is 10.6. The van der Waals surface area contributed by atoms with E-state index in [0.717, 1.165) is 32.6 Å². The highest BCUT2D eigenvalue weighted by molar-refractivity contribution is 8.00. The van der Waals surface area contributed by atoms with Crippen molar-refractivity contribution in [3.8, 4) is 11.3 Å². The van der Waals surface area contributed by atoms with Crippen LogP contribution in [0.2, 0.25) is 0 Å². The summed E-state index contributed by atoms with van der Waals surface area (Å²) in [5, 5.41) is 11.7. The van der Waals surface area contributed by atoms with E-state index in [-0.39, 0.29) is 16.9 Å². The van der Waals surface area contributed by atoms with E-state index in [9.17, 15) is 14.4 Å². The van der Waals surface area contributed by atoms with Crippen LogP contribution < -0.4 is 16.0 Å². The number of hydrogen-bond donors (Lipinski definition) is 4. The van der Waals surface area contributed by atoms with Crippen LogP contribution in [0.4, 0.5) is 10.8 Å². The Morgan fingerprint density at radius 3 is 2.43 bits per heavy atom. The number of nitrogens with one attached hydrogen (secondary N) is 4. The maximum absolute atomic E-state index is 13.7. The van der Waals surface area contributed by atoms with Gasteiger partial charge in [-0.2, -0.15) is 0 Å². The lowest BCUT2D eigenvalue weighted by molar-refractivity contribution is -0.116.